The Kier molecular flexibility index (Phi) is 3.79. The van der Waals surface area contributed by atoms with Crippen LogP contribution < -0.4 is 5.73 Å². The second-order valence-corrected chi connectivity index (χ2v) is 4.77. The fourth-order valence-electron chi connectivity index (χ4n) is 2.35. The molecule has 1 aliphatic rings. The number of rotatable bonds is 2. The van der Waals surface area contributed by atoms with Crippen LogP contribution in [0.4, 0.5) is 5.82 Å². The maximum Gasteiger partial charge on any atom is 0.222 e. The van der Waals surface area contributed by atoms with Gasteiger partial charge < -0.3 is 10.6 Å². The third-order valence-corrected chi connectivity index (χ3v) is 3.57. The SMILES string of the molecule is CCC(=O)N1CCC(c2cnc(N)c(C)n2)CC1. The first kappa shape index (κ1) is 12.8. The van der Waals surface area contributed by atoms with Crippen LogP contribution in [0.5, 0.6) is 0 Å². The minimum Gasteiger partial charge on any atom is -0.382 e. The van der Waals surface area contributed by atoms with E-state index in [1.807, 2.05) is 18.7 Å². The number of hydrogen-bond donors (Lipinski definition) is 1. The van der Waals surface area contributed by atoms with Gasteiger partial charge in [-0.15, -0.1) is 0 Å². The number of carbonyl (C=O) groups excluding carboxylic acids is 1. The van der Waals surface area contributed by atoms with Crippen LogP contribution in [0.25, 0.3) is 0 Å². The van der Waals surface area contributed by atoms with Crippen LogP contribution in [0, 0.1) is 6.92 Å². The van der Waals surface area contributed by atoms with Gasteiger partial charge >= 0.3 is 0 Å². The van der Waals surface area contributed by atoms with Crippen LogP contribution >= 0.6 is 0 Å². The van der Waals surface area contributed by atoms with Crippen LogP contribution in [0.15, 0.2) is 6.20 Å². The smallest absolute Gasteiger partial charge is 0.222 e. The zero-order valence-electron chi connectivity index (χ0n) is 11.0. The van der Waals surface area contributed by atoms with Gasteiger partial charge in [0.05, 0.1) is 17.6 Å². The zero-order chi connectivity index (χ0) is 13.1. The zero-order valence-corrected chi connectivity index (χ0v) is 11.0. The molecule has 2 rings (SSSR count). The summed E-state index contributed by atoms with van der Waals surface area (Å²) >= 11 is 0. The summed E-state index contributed by atoms with van der Waals surface area (Å²) in [5.74, 6) is 1.14. The van der Waals surface area contributed by atoms with E-state index in [9.17, 15) is 4.79 Å². The molecule has 2 heterocycles. The maximum atomic E-state index is 11.6. The summed E-state index contributed by atoms with van der Waals surface area (Å²) in [6.45, 7) is 5.43. The molecule has 0 saturated carbocycles. The van der Waals surface area contributed by atoms with Crippen LogP contribution in [-0.4, -0.2) is 33.9 Å². The molecule has 0 radical (unpaired) electrons. The number of hydrogen-bond acceptors (Lipinski definition) is 4. The Morgan fingerprint density at radius 2 is 2.17 bits per heavy atom. The Hall–Kier alpha value is -1.65. The molecule has 1 aromatic heterocycles. The minimum atomic E-state index is 0.244. The second-order valence-electron chi connectivity index (χ2n) is 4.77. The number of likely N-dealkylation sites (tertiary alicyclic amines) is 1. The third kappa shape index (κ3) is 2.60. The fourth-order valence-corrected chi connectivity index (χ4v) is 2.35. The van der Waals surface area contributed by atoms with Gasteiger partial charge in [-0.05, 0) is 19.8 Å². The van der Waals surface area contributed by atoms with Crippen molar-refractivity contribution in [2.24, 2.45) is 0 Å². The molecule has 0 spiro atoms. The molecule has 1 aromatic rings. The monoisotopic (exact) mass is 248 g/mol. The number of carbonyl (C=O) groups is 1. The third-order valence-electron chi connectivity index (χ3n) is 3.57. The van der Waals surface area contributed by atoms with Gasteiger partial charge in [0.1, 0.15) is 5.82 Å². The molecule has 0 aromatic carbocycles. The highest BCUT2D eigenvalue weighted by molar-refractivity contribution is 5.75. The van der Waals surface area contributed by atoms with E-state index < -0.39 is 0 Å². The molecule has 0 unspecified atom stereocenters. The van der Waals surface area contributed by atoms with Gasteiger partial charge in [0.15, 0.2) is 0 Å². The number of nitrogens with two attached hydrogens (primary N) is 1. The summed E-state index contributed by atoms with van der Waals surface area (Å²) in [5.41, 5.74) is 7.47. The lowest BCUT2D eigenvalue weighted by molar-refractivity contribution is -0.131. The van der Waals surface area contributed by atoms with E-state index in [1.54, 1.807) is 6.20 Å². The molecule has 1 saturated heterocycles. The summed E-state index contributed by atoms with van der Waals surface area (Å²) in [4.78, 5) is 22.2. The van der Waals surface area contributed by atoms with Crippen LogP contribution in [-0.2, 0) is 4.79 Å². The quantitative estimate of drug-likeness (QED) is 0.860. The number of nitrogen functional groups attached to an aromatic ring is 1. The van der Waals surface area contributed by atoms with Gasteiger partial charge in [-0.1, -0.05) is 6.92 Å². The molecule has 18 heavy (non-hydrogen) atoms. The summed E-state index contributed by atoms with van der Waals surface area (Å²) in [5, 5.41) is 0. The normalized spacial score (nSPS) is 16.9. The Morgan fingerprint density at radius 1 is 1.50 bits per heavy atom. The van der Waals surface area contributed by atoms with Crippen molar-refractivity contribution in [2.75, 3.05) is 18.8 Å². The highest BCUT2D eigenvalue weighted by Crippen LogP contribution is 2.27. The molecular weight excluding hydrogens is 228 g/mol. The van der Waals surface area contributed by atoms with Crippen molar-refractivity contribution < 1.29 is 4.79 Å². The Morgan fingerprint density at radius 3 is 2.72 bits per heavy atom. The topological polar surface area (TPSA) is 72.1 Å². The van der Waals surface area contributed by atoms with Crippen molar-refractivity contribution in [2.45, 2.75) is 39.0 Å². The van der Waals surface area contributed by atoms with E-state index in [1.165, 1.54) is 0 Å². The molecule has 0 aliphatic carbocycles. The molecule has 1 amide bonds. The van der Waals surface area contributed by atoms with Gasteiger partial charge in [-0.25, -0.2) is 4.98 Å². The molecule has 2 N–H and O–H groups in total. The van der Waals surface area contributed by atoms with Gasteiger partial charge in [-0.2, -0.15) is 0 Å². The molecule has 0 atom stereocenters. The molecule has 98 valence electrons. The van der Waals surface area contributed by atoms with E-state index in [-0.39, 0.29) is 5.91 Å². The molecule has 0 bridgehead atoms. The van der Waals surface area contributed by atoms with Crippen LogP contribution in [0.3, 0.4) is 0 Å². The Labute approximate surface area is 107 Å². The number of piperidine rings is 1. The molecule has 1 fully saturated rings. The van der Waals surface area contributed by atoms with Crippen molar-refractivity contribution >= 4 is 11.7 Å². The number of aromatic nitrogens is 2. The predicted octanol–water partition coefficient (Wildman–Crippen LogP) is 1.48. The summed E-state index contributed by atoms with van der Waals surface area (Å²) in [7, 11) is 0. The van der Waals surface area contributed by atoms with Crippen molar-refractivity contribution in [1.29, 1.82) is 0 Å². The predicted molar refractivity (Wildman–Crippen MR) is 70.0 cm³/mol. The van der Waals surface area contributed by atoms with Gasteiger partial charge in [0, 0.05) is 25.4 Å². The first-order chi connectivity index (χ1) is 8.61. The van der Waals surface area contributed by atoms with Crippen molar-refractivity contribution in [3.05, 3.63) is 17.6 Å². The largest absolute Gasteiger partial charge is 0.382 e. The lowest BCUT2D eigenvalue weighted by Gasteiger charge is -2.31. The number of amides is 1. The highest BCUT2D eigenvalue weighted by Gasteiger charge is 2.24. The second kappa shape index (κ2) is 5.33. The van der Waals surface area contributed by atoms with Gasteiger partial charge in [0.25, 0.3) is 0 Å². The van der Waals surface area contributed by atoms with E-state index in [4.69, 9.17) is 5.73 Å². The number of anilines is 1. The molecule has 1 aliphatic heterocycles. The lowest BCUT2D eigenvalue weighted by Crippen LogP contribution is -2.37. The average Bonchev–Trinajstić information content (AvgIpc) is 2.41. The van der Waals surface area contributed by atoms with E-state index in [0.717, 1.165) is 37.3 Å². The van der Waals surface area contributed by atoms with Crippen molar-refractivity contribution in [3.8, 4) is 0 Å². The minimum absolute atomic E-state index is 0.244. The molecule has 5 heteroatoms. The first-order valence-corrected chi connectivity index (χ1v) is 6.48. The Bertz CT molecular complexity index is 439. The lowest BCUT2D eigenvalue weighted by atomic mass is 9.93. The molecule has 5 nitrogen and oxygen atoms in total. The first-order valence-electron chi connectivity index (χ1n) is 6.48. The molecular formula is C13H20N4O. The number of aryl methyl sites for hydroxylation is 1. The summed E-state index contributed by atoms with van der Waals surface area (Å²) in [6.07, 6.45) is 4.28. The fraction of sp³-hybridized carbons (Fsp3) is 0.615. The highest BCUT2D eigenvalue weighted by atomic mass is 16.2. The van der Waals surface area contributed by atoms with Crippen LogP contribution in [0.2, 0.25) is 0 Å². The Balaban J connectivity index is 2.01. The van der Waals surface area contributed by atoms with E-state index in [0.29, 0.717) is 18.2 Å². The average molecular weight is 248 g/mol. The van der Waals surface area contributed by atoms with Crippen LogP contribution in [0.1, 0.15) is 43.5 Å². The standard InChI is InChI=1S/C13H20N4O/c1-3-12(18)17-6-4-10(5-7-17)11-8-15-13(14)9(2)16-11/h8,10H,3-7H2,1-2H3,(H2,14,15). The maximum absolute atomic E-state index is 11.6. The van der Waals surface area contributed by atoms with Gasteiger partial charge in [0.2, 0.25) is 5.91 Å². The number of nitrogens with zero attached hydrogens (tertiary/aromatic N) is 3. The summed E-state index contributed by atoms with van der Waals surface area (Å²) in [6, 6.07) is 0. The van der Waals surface area contributed by atoms with E-state index >= 15 is 0 Å². The van der Waals surface area contributed by atoms with Gasteiger partial charge in [-0.3, -0.25) is 9.78 Å². The van der Waals surface area contributed by atoms with Crippen molar-refractivity contribution in [3.63, 3.8) is 0 Å². The van der Waals surface area contributed by atoms with Crippen molar-refractivity contribution in [1.82, 2.24) is 14.9 Å². The van der Waals surface area contributed by atoms with E-state index in [2.05, 4.69) is 9.97 Å². The summed E-state index contributed by atoms with van der Waals surface area (Å²) < 4.78 is 0.